The summed E-state index contributed by atoms with van der Waals surface area (Å²) in [5, 5.41) is 5.62. The van der Waals surface area contributed by atoms with Gasteiger partial charge in [0.1, 0.15) is 10.5 Å². The number of H-pyrrole nitrogens is 1. The first kappa shape index (κ1) is 13.5. The Bertz CT molecular complexity index is 820. The molecule has 106 valence electrons. The van der Waals surface area contributed by atoms with E-state index in [4.69, 9.17) is 12.2 Å². The van der Waals surface area contributed by atoms with Crippen molar-refractivity contribution in [3.05, 3.63) is 26.5 Å². The van der Waals surface area contributed by atoms with Crippen LogP contribution in [0.25, 0.3) is 11.2 Å². The summed E-state index contributed by atoms with van der Waals surface area (Å²) in [6, 6.07) is 0.108. The lowest BCUT2D eigenvalue weighted by molar-refractivity contribution is 0.594. The number of hydrogen-bond donors (Lipinski definition) is 1. The van der Waals surface area contributed by atoms with Gasteiger partial charge < -0.3 is 4.98 Å². The molecular formula is C13H17N5S2. The molecule has 7 heteroatoms. The molecule has 0 aliphatic heterocycles. The molecule has 0 aromatic carbocycles. The highest BCUT2D eigenvalue weighted by molar-refractivity contribution is 7.71. The van der Waals surface area contributed by atoms with E-state index in [-0.39, 0.29) is 6.04 Å². The van der Waals surface area contributed by atoms with Crippen molar-refractivity contribution in [1.82, 2.24) is 24.3 Å². The average Bonchev–Trinajstić information content (AvgIpc) is 3.05. The van der Waals surface area contributed by atoms with Crippen LogP contribution in [0.5, 0.6) is 0 Å². The number of rotatable bonds is 3. The molecule has 0 spiro atoms. The van der Waals surface area contributed by atoms with Crippen LogP contribution >= 0.6 is 23.6 Å². The number of fused-ring (bicyclic) bond motifs is 1. The number of aromatic amines is 1. The molecule has 0 bridgehead atoms. The Kier molecular flexibility index (Phi) is 3.25. The van der Waals surface area contributed by atoms with Crippen molar-refractivity contribution in [3.8, 4) is 0 Å². The third-order valence-electron chi connectivity index (χ3n) is 3.46. The van der Waals surface area contributed by atoms with Gasteiger partial charge in [0.25, 0.3) is 0 Å². The zero-order valence-corrected chi connectivity index (χ0v) is 13.6. The van der Waals surface area contributed by atoms with Crippen LogP contribution in [0.15, 0.2) is 6.20 Å². The molecule has 0 fully saturated rings. The fourth-order valence-electron chi connectivity index (χ4n) is 2.48. The third kappa shape index (κ3) is 1.92. The fraction of sp³-hybridized carbons (Fsp3) is 0.462. The lowest BCUT2D eigenvalue weighted by Crippen LogP contribution is -2.10. The van der Waals surface area contributed by atoms with E-state index >= 15 is 0 Å². The summed E-state index contributed by atoms with van der Waals surface area (Å²) in [5.74, 6) is 0. The summed E-state index contributed by atoms with van der Waals surface area (Å²) in [6.45, 7) is 9.11. The second-order valence-corrected chi connectivity index (χ2v) is 6.54. The number of aryl methyl sites for hydroxylation is 3. The molecule has 0 amide bonds. The van der Waals surface area contributed by atoms with Gasteiger partial charge in [-0.2, -0.15) is 5.10 Å². The Balaban J connectivity index is 2.25. The van der Waals surface area contributed by atoms with Crippen molar-refractivity contribution < 1.29 is 0 Å². The Morgan fingerprint density at radius 2 is 2.20 bits per heavy atom. The standard InChI is InChI=1S/C13H17N5S2/c1-5-17-12-10(8(3)16-17)15-13(19)18(12)9(4)11-14-6-7(2)20-11/h6,9H,5H2,1-4H3,(H,15,19). The van der Waals surface area contributed by atoms with Crippen molar-refractivity contribution >= 4 is 34.7 Å². The maximum absolute atomic E-state index is 5.50. The van der Waals surface area contributed by atoms with E-state index < -0.39 is 0 Å². The quantitative estimate of drug-likeness (QED) is 0.752. The molecule has 3 heterocycles. The van der Waals surface area contributed by atoms with E-state index in [1.807, 2.05) is 17.8 Å². The van der Waals surface area contributed by atoms with Gasteiger partial charge in [0.2, 0.25) is 0 Å². The molecule has 0 radical (unpaired) electrons. The number of aromatic nitrogens is 5. The zero-order chi connectivity index (χ0) is 14.4. The summed E-state index contributed by atoms with van der Waals surface area (Å²) in [5.41, 5.74) is 3.06. The number of nitrogens with one attached hydrogen (secondary N) is 1. The van der Waals surface area contributed by atoms with Gasteiger partial charge in [0, 0.05) is 17.6 Å². The molecule has 0 saturated carbocycles. The molecule has 0 saturated heterocycles. The van der Waals surface area contributed by atoms with Crippen molar-refractivity contribution in [3.63, 3.8) is 0 Å². The predicted molar refractivity (Wildman–Crippen MR) is 84.0 cm³/mol. The van der Waals surface area contributed by atoms with E-state index in [9.17, 15) is 0 Å². The van der Waals surface area contributed by atoms with Crippen LogP contribution in [0.4, 0.5) is 0 Å². The smallest absolute Gasteiger partial charge is 0.179 e. The van der Waals surface area contributed by atoms with E-state index in [0.29, 0.717) is 0 Å². The van der Waals surface area contributed by atoms with Gasteiger partial charge in [-0.1, -0.05) is 0 Å². The molecule has 3 aromatic rings. The highest BCUT2D eigenvalue weighted by Crippen LogP contribution is 2.28. The van der Waals surface area contributed by atoms with Gasteiger partial charge in [0.05, 0.1) is 11.7 Å². The third-order valence-corrected chi connectivity index (χ3v) is 4.84. The number of hydrogen-bond acceptors (Lipinski definition) is 4. The molecule has 1 atom stereocenters. The highest BCUT2D eigenvalue weighted by atomic mass is 32.1. The second kappa shape index (κ2) is 4.82. The van der Waals surface area contributed by atoms with Crippen molar-refractivity contribution in [2.75, 3.05) is 0 Å². The summed E-state index contributed by atoms with van der Waals surface area (Å²) in [4.78, 5) is 8.98. The van der Waals surface area contributed by atoms with Crippen LogP contribution in [-0.2, 0) is 6.54 Å². The van der Waals surface area contributed by atoms with Gasteiger partial charge in [-0.3, -0.25) is 4.57 Å². The second-order valence-electron chi connectivity index (χ2n) is 4.89. The van der Waals surface area contributed by atoms with Crippen LogP contribution in [0.3, 0.4) is 0 Å². The van der Waals surface area contributed by atoms with E-state index in [1.165, 1.54) is 4.88 Å². The molecular weight excluding hydrogens is 290 g/mol. The largest absolute Gasteiger partial charge is 0.328 e. The van der Waals surface area contributed by atoms with Crippen molar-refractivity contribution in [1.29, 1.82) is 0 Å². The Hall–Kier alpha value is -1.47. The molecule has 3 rings (SSSR count). The molecule has 5 nitrogen and oxygen atoms in total. The summed E-state index contributed by atoms with van der Waals surface area (Å²) in [7, 11) is 0. The van der Waals surface area contributed by atoms with E-state index in [1.54, 1.807) is 11.3 Å². The van der Waals surface area contributed by atoms with Gasteiger partial charge >= 0.3 is 0 Å². The molecule has 1 unspecified atom stereocenters. The van der Waals surface area contributed by atoms with Gasteiger partial charge in [0.15, 0.2) is 10.4 Å². The van der Waals surface area contributed by atoms with Gasteiger partial charge in [-0.25, -0.2) is 9.67 Å². The summed E-state index contributed by atoms with van der Waals surface area (Å²) < 4.78 is 4.84. The maximum atomic E-state index is 5.50. The van der Waals surface area contributed by atoms with E-state index in [2.05, 4.69) is 40.4 Å². The normalized spacial score (nSPS) is 13.2. The summed E-state index contributed by atoms with van der Waals surface area (Å²) >= 11 is 7.21. The molecule has 3 aromatic heterocycles. The zero-order valence-electron chi connectivity index (χ0n) is 12.0. The van der Waals surface area contributed by atoms with Crippen LogP contribution in [-0.4, -0.2) is 24.3 Å². The first-order valence-electron chi connectivity index (χ1n) is 6.62. The Morgan fingerprint density at radius 1 is 1.45 bits per heavy atom. The van der Waals surface area contributed by atoms with Crippen LogP contribution in [0.1, 0.15) is 35.5 Å². The van der Waals surface area contributed by atoms with Crippen molar-refractivity contribution in [2.24, 2.45) is 0 Å². The van der Waals surface area contributed by atoms with Crippen LogP contribution in [0.2, 0.25) is 0 Å². The Labute approximate surface area is 126 Å². The molecule has 1 N–H and O–H groups in total. The lowest BCUT2D eigenvalue weighted by atomic mass is 10.3. The molecule has 0 aliphatic rings. The molecule has 0 aliphatic carbocycles. The van der Waals surface area contributed by atoms with Gasteiger partial charge in [-0.15, -0.1) is 11.3 Å². The predicted octanol–water partition coefficient (Wildman–Crippen LogP) is 3.60. The number of nitrogens with zero attached hydrogens (tertiary/aromatic N) is 4. The number of thiazole rings is 1. The first-order chi connectivity index (χ1) is 9.52. The van der Waals surface area contributed by atoms with Gasteiger partial charge in [-0.05, 0) is 39.9 Å². The minimum atomic E-state index is 0.108. The lowest BCUT2D eigenvalue weighted by Gasteiger charge is -2.12. The first-order valence-corrected chi connectivity index (χ1v) is 7.85. The minimum absolute atomic E-state index is 0.108. The van der Waals surface area contributed by atoms with Crippen molar-refractivity contribution in [2.45, 2.75) is 40.3 Å². The maximum Gasteiger partial charge on any atom is 0.179 e. The number of imidazole rings is 1. The average molecular weight is 307 g/mol. The SMILES string of the molecule is CCn1nc(C)c2[nH]c(=S)n(C(C)c3ncc(C)s3)c21. The fourth-order valence-corrected chi connectivity index (χ4v) is 3.64. The van der Waals surface area contributed by atoms with Crippen LogP contribution < -0.4 is 0 Å². The summed E-state index contributed by atoms with van der Waals surface area (Å²) in [6.07, 6.45) is 1.91. The minimum Gasteiger partial charge on any atom is -0.328 e. The van der Waals surface area contributed by atoms with Crippen LogP contribution in [0, 0.1) is 18.6 Å². The van der Waals surface area contributed by atoms with E-state index in [0.717, 1.165) is 33.2 Å². The Morgan fingerprint density at radius 3 is 2.80 bits per heavy atom. The topological polar surface area (TPSA) is 51.4 Å². The monoisotopic (exact) mass is 307 g/mol. The highest BCUT2D eigenvalue weighted by Gasteiger charge is 2.20. The molecule has 20 heavy (non-hydrogen) atoms.